The van der Waals surface area contributed by atoms with Crippen molar-refractivity contribution in [2.24, 2.45) is 0 Å². The van der Waals surface area contributed by atoms with Crippen molar-refractivity contribution in [3.63, 3.8) is 0 Å². The van der Waals surface area contributed by atoms with Crippen molar-refractivity contribution in [3.8, 4) is 11.4 Å². The fourth-order valence-corrected chi connectivity index (χ4v) is 3.41. The number of rotatable bonds is 3. The first-order valence-corrected chi connectivity index (χ1v) is 7.61. The van der Waals surface area contributed by atoms with Crippen LogP contribution in [0.3, 0.4) is 0 Å². The molecule has 4 rings (SSSR count). The first kappa shape index (κ1) is 12.7. The highest BCUT2D eigenvalue weighted by Crippen LogP contribution is 2.27. The molecule has 1 aliphatic rings. The van der Waals surface area contributed by atoms with Gasteiger partial charge in [0, 0.05) is 41.1 Å². The second-order valence-electron chi connectivity index (χ2n) is 5.99. The van der Waals surface area contributed by atoms with E-state index in [1.165, 1.54) is 35.9 Å². The Hall–Kier alpha value is -2.07. The van der Waals surface area contributed by atoms with Crippen LogP contribution in [0.25, 0.3) is 22.3 Å². The predicted octanol–water partition coefficient (Wildman–Crippen LogP) is 3.19. The number of likely N-dealkylation sites (N-methyl/N-ethyl adjacent to an activating group) is 1. The molecule has 0 radical (unpaired) electrons. The van der Waals surface area contributed by atoms with E-state index >= 15 is 0 Å². The number of aromatic amines is 2. The summed E-state index contributed by atoms with van der Waals surface area (Å²) in [5.41, 5.74) is 3.77. The molecule has 0 amide bonds. The molecular weight excluding hydrogens is 260 g/mol. The Morgan fingerprint density at radius 1 is 1.33 bits per heavy atom. The number of hydrogen-bond donors (Lipinski definition) is 2. The van der Waals surface area contributed by atoms with E-state index in [9.17, 15) is 0 Å². The maximum atomic E-state index is 4.35. The van der Waals surface area contributed by atoms with Gasteiger partial charge in [0.2, 0.25) is 0 Å². The van der Waals surface area contributed by atoms with Gasteiger partial charge < -0.3 is 14.9 Å². The van der Waals surface area contributed by atoms with E-state index < -0.39 is 0 Å². The van der Waals surface area contributed by atoms with E-state index in [1.807, 2.05) is 6.20 Å². The second-order valence-corrected chi connectivity index (χ2v) is 5.99. The summed E-state index contributed by atoms with van der Waals surface area (Å²) in [4.78, 5) is 13.4. The first-order valence-electron chi connectivity index (χ1n) is 7.61. The molecule has 108 valence electrons. The Kier molecular flexibility index (Phi) is 3.04. The molecule has 1 atom stereocenters. The number of nitrogens with zero attached hydrogens (tertiary/aromatic N) is 2. The molecule has 0 aliphatic carbocycles. The highest BCUT2D eigenvalue weighted by Gasteiger charge is 2.22. The Morgan fingerprint density at radius 3 is 3.05 bits per heavy atom. The Labute approximate surface area is 124 Å². The van der Waals surface area contributed by atoms with E-state index in [2.05, 4.69) is 51.3 Å². The summed E-state index contributed by atoms with van der Waals surface area (Å²) in [6.45, 7) is 1.23. The minimum absolute atomic E-state index is 0.677. The number of imidazole rings is 1. The molecule has 2 N–H and O–H groups in total. The van der Waals surface area contributed by atoms with Gasteiger partial charge >= 0.3 is 0 Å². The lowest BCUT2D eigenvalue weighted by Gasteiger charge is -2.18. The van der Waals surface area contributed by atoms with E-state index in [4.69, 9.17) is 0 Å². The van der Waals surface area contributed by atoms with Gasteiger partial charge in [-0.05, 0) is 56.6 Å². The number of H-pyrrole nitrogens is 2. The number of benzene rings is 1. The van der Waals surface area contributed by atoms with Crippen molar-refractivity contribution >= 4 is 10.9 Å². The van der Waals surface area contributed by atoms with Crippen LogP contribution < -0.4 is 0 Å². The number of aromatic nitrogens is 3. The highest BCUT2D eigenvalue weighted by atomic mass is 15.1. The van der Waals surface area contributed by atoms with Gasteiger partial charge in [-0.25, -0.2) is 4.98 Å². The molecule has 21 heavy (non-hydrogen) atoms. The molecule has 1 fully saturated rings. The standard InChI is InChI=1S/C17H20N4/c1-21-8-2-3-14(21)9-13-11-20-16-5-4-12(10-15(13)16)17-18-6-7-19-17/h4-7,10-11,14,20H,2-3,8-9H2,1H3,(H,18,19)/t14-/m1/s1. The van der Waals surface area contributed by atoms with Crippen LogP contribution in [-0.4, -0.2) is 39.5 Å². The maximum absolute atomic E-state index is 4.35. The zero-order valence-corrected chi connectivity index (χ0v) is 12.3. The van der Waals surface area contributed by atoms with Crippen molar-refractivity contribution in [3.05, 3.63) is 42.4 Å². The SMILES string of the molecule is CN1CCC[C@@H]1Cc1c[nH]c2ccc(-c3ncc[nH]3)cc12. The van der Waals surface area contributed by atoms with Gasteiger partial charge in [0.25, 0.3) is 0 Å². The molecule has 0 saturated carbocycles. The topological polar surface area (TPSA) is 47.7 Å². The maximum Gasteiger partial charge on any atom is 0.137 e. The van der Waals surface area contributed by atoms with E-state index in [-0.39, 0.29) is 0 Å². The van der Waals surface area contributed by atoms with Crippen LogP contribution in [0.1, 0.15) is 18.4 Å². The molecule has 3 aromatic rings. The third-order valence-corrected chi connectivity index (χ3v) is 4.67. The minimum atomic E-state index is 0.677. The lowest BCUT2D eigenvalue weighted by molar-refractivity contribution is 0.310. The second kappa shape index (κ2) is 5.04. The van der Waals surface area contributed by atoms with Crippen LogP contribution >= 0.6 is 0 Å². The summed E-state index contributed by atoms with van der Waals surface area (Å²) >= 11 is 0. The van der Waals surface area contributed by atoms with Gasteiger partial charge in [0.15, 0.2) is 0 Å². The molecule has 2 aromatic heterocycles. The molecule has 1 saturated heterocycles. The Morgan fingerprint density at radius 2 is 2.29 bits per heavy atom. The summed E-state index contributed by atoms with van der Waals surface area (Å²) in [7, 11) is 2.24. The van der Waals surface area contributed by atoms with Crippen molar-refractivity contribution in [1.82, 2.24) is 19.9 Å². The summed E-state index contributed by atoms with van der Waals surface area (Å²) in [6, 6.07) is 7.18. The molecule has 1 aliphatic heterocycles. The summed E-state index contributed by atoms with van der Waals surface area (Å²) in [6.07, 6.45) is 9.58. The quantitative estimate of drug-likeness (QED) is 0.774. The number of likely N-dealkylation sites (tertiary alicyclic amines) is 1. The monoisotopic (exact) mass is 280 g/mol. The molecule has 3 heterocycles. The van der Waals surface area contributed by atoms with Crippen LogP contribution in [0.4, 0.5) is 0 Å². The smallest absolute Gasteiger partial charge is 0.137 e. The molecule has 4 heteroatoms. The van der Waals surface area contributed by atoms with Crippen molar-refractivity contribution < 1.29 is 0 Å². The zero-order chi connectivity index (χ0) is 14.2. The number of fused-ring (bicyclic) bond motifs is 1. The van der Waals surface area contributed by atoms with Crippen molar-refractivity contribution in [1.29, 1.82) is 0 Å². The van der Waals surface area contributed by atoms with Gasteiger partial charge in [-0.15, -0.1) is 0 Å². The van der Waals surface area contributed by atoms with Crippen LogP contribution in [0.2, 0.25) is 0 Å². The van der Waals surface area contributed by atoms with E-state index in [1.54, 1.807) is 6.20 Å². The lowest BCUT2D eigenvalue weighted by Crippen LogP contribution is -2.26. The normalized spacial score (nSPS) is 19.6. The molecule has 4 nitrogen and oxygen atoms in total. The largest absolute Gasteiger partial charge is 0.361 e. The molecule has 1 aromatic carbocycles. The Balaban J connectivity index is 1.70. The Bertz CT molecular complexity index is 741. The average molecular weight is 280 g/mol. The van der Waals surface area contributed by atoms with Crippen molar-refractivity contribution in [2.75, 3.05) is 13.6 Å². The van der Waals surface area contributed by atoms with Crippen molar-refractivity contribution in [2.45, 2.75) is 25.3 Å². The number of nitrogens with one attached hydrogen (secondary N) is 2. The summed E-state index contributed by atoms with van der Waals surface area (Å²) in [5, 5.41) is 1.32. The van der Waals surface area contributed by atoms with Crippen LogP contribution in [0.15, 0.2) is 36.8 Å². The van der Waals surface area contributed by atoms with Gasteiger partial charge in [0.05, 0.1) is 0 Å². The van der Waals surface area contributed by atoms with Crippen LogP contribution in [0, 0.1) is 0 Å². The fourth-order valence-electron chi connectivity index (χ4n) is 3.41. The highest BCUT2D eigenvalue weighted by molar-refractivity contribution is 5.87. The molecule has 0 bridgehead atoms. The third kappa shape index (κ3) is 2.25. The van der Waals surface area contributed by atoms with Gasteiger partial charge in [-0.3, -0.25) is 0 Å². The van der Waals surface area contributed by atoms with Crippen LogP contribution in [0.5, 0.6) is 0 Å². The lowest BCUT2D eigenvalue weighted by atomic mass is 10.0. The first-order chi connectivity index (χ1) is 10.3. The minimum Gasteiger partial charge on any atom is -0.361 e. The number of hydrogen-bond acceptors (Lipinski definition) is 2. The molecule has 0 unspecified atom stereocenters. The van der Waals surface area contributed by atoms with E-state index in [0.29, 0.717) is 6.04 Å². The fraction of sp³-hybridized carbons (Fsp3) is 0.353. The summed E-state index contributed by atoms with van der Waals surface area (Å²) < 4.78 is 0. The van der Waals surface area contributed by atoms with Gasteiger partial charge in [0.1, 0.15) is 5.82 Å². The summed E-state index contributed by atoms with van der Waals surface area (Å²) in [5.74, 6) is 0.932. The predicted molar refractivity (Wildman–Crippen MR) is 85.2 cm³/mol. The zero-order valence-electron chi connectivity index (χ0n) is 12.3. The van der Waals surface area contributed by atoms with Gasteiger partial charge in [-0.1, -0.05) is 0 Å². The van der Waals surface area contributed by atoms with E-state index in [0.717, 1.165) is 17.8 Å². The van der Waals surface area contributed by atoms with Gasteiger partial charge in [-0.2, -0.15) is 0 Å². The molecular formula is C17H20N4. The average Bonchev–Trinajstić information content (AvgIpc) is 3.22. The molecule has 0 spiro atoms. The third-order valence-electron chi connectivity index (χ3n) is 4.67. The van der Waals surface area contributed by atoms with Crippen LogP contribution in [-0.2, 0) is 6.42 Å².